The van der Waals surface area contributed by atoms with E-state index in [4.69, 9.17) is 5.26 Å². The molecule has 0 aliphatic carbocycles. The Labute approximate surface area is 158 Å². The first kappa shape index (κ1) is 19.0. The zero-order chi connectivity index (χ0) is 19.4. The summed E-state index contributed by atoms with van der Waals surface area (Å²) in [4.78, 5) is 14.8. The van der Waals surface area contributed by atoms with Gasteiger partial charge in [0.25, 0.3) is 5.91 Å². The van der Waals surface area contributed by atoms with Crippen LogP contribution in [0.3, 0.4) is 0 Å². The molecule has 140 valence electrons. The van der Waals surface area contributed by atoms with Gasteiger partial charge in [-0.15, -0.1) is 0 Å². The van der Waals surface area contributed by atoms with Gasteiger partial charge in [-0.25, -0.2) is 4.39 Å². The molecule has 0 bridgehead atoms. The summed E-state index contributed by atoms with van der Waals surface area (Å²) >= 11 is 0. The minimum absolute atomic E-state index is 0.359. The molecule has 1 heterocycles. The van der Waals surface area contributed by atoms with Crippen LogP contribution in [0.2, 0.25) is 0 Å². The SMILES string of the molecule is Cc1c(CN2CCNC(C)C2)cc(F)cc1NC(=O)c1cccc(C#N)c1. The summed E-state index contributed by atoms with van der Waals surface area (Å²) in [5, 5.41) is 15.2. The summed E-state index contributed by atoms with van der Waals surface area (Å²) in [6.07, 6.45) is 0. The summed E-state index contributed by atoms with van der Waals surface area (Å²) in [6.45, 7) is 7.38. The normalized spacial score (nSPS) is 17.3. The molecular weight excluding hydrogens is 343 g/mol. The van der Waals surface area contributed by atoms with Gasteiger partial charge in [-0.3, -0.25) is 9.69 Å². The Kier molecular flexibility index (Phi) is 5.84. The second-order valence-electron chi connectivity index (χ2n) is 6.97. The molecule has 2 N–H and O–H groups in total. The maximum Gasteiger partial charge on any atom is 0.255 e. The van der Waals surface area contributed by atoms with Gasteiger partial charge in [0, 0.05) is 43.5 Å². The molecule has 1 fully saturated rings. The van der Waals surface area contributed by atoms with Crippen molar-refractivity contribution >= 4 is 11.6 Å². The maximum absolute atomic E-state index is 14.2. The second kappa shape index (κ2) is 8.30. The summed E-state index contributed by atoms with van der Waals surface area (Å²) < 4.78 is 14.2. The highest BCUT2D eigenvalue weighted by Crippen LogP contribution is 2.24. The first-order chi connectivity index (χ1) is 13.0. The number of hydrogen-bond donors (Lipinski definition) is 2. The van der Waals surface area contributed by atoms with Crippen molar-refractivity contribution in [1.29, 1.82) is 5.26 Å². The number of carbonyl (C=O) groups excluding carboxylic acids is 1. The van der Waals surface area contributed by atoms with Crippen molar-refractivity contribution in [3.8, 4) is 6.07 Å². The number of nitrogens with one attached hydrogen (secondary N) is 2. The molecule has 2 aromatic carbocycles. The highest BCUT2D eigenvalue weighted by Gasteiger charge is 2.18. The lowest BCUT2D eigenvalue weighted by molar-refractivity contribution is 0.102. The average Bonchev–Trinajstić information content (AvgIpc) is 2.65. The van der Waals surface area contributed by atoms with E-state index in [1.165, 1.54) is 18.2 Å². The standard InChI is InChI=1S/C21H23FN4O/c1-14-12-26(7-6-24-14)13-18-9-19(22)10-20(15(18)2)25-21(27)17-5-3-4-16(8-17)11-23/h3-5,8-10,14,24H,6-7,12-13H2,1-2H3,(H,25,27). The van der Waals surface area contributed by atoms with Crippen molar-refractivity contribution in [2.75, 3.05) is 25.0 Å². The van der Waals surface area contributed by atoms with Crippen LogP contribution in [0, 0.1) is 24.1 Å². The Bertz CT molecular complexity index is 890. The van der Waals surface area contributed by atoms with E-state index in [2.05, 4.69) is 22.5 Å². The number of anilines is 1. The molecule has 0 spiro atoms. The van der Waals surface area contributed by atoms with Crippen LogP contribution in [-0.2, 0) is 6.54 Å². The Morgan fingerprint density at radius 2 is 2.22 bits per heavy atom. The minimum atomic E-state index is -0.375. The summed E-state index contributed by atoms with van der Waals surface area (Å²) in [5.74, 6) is -0.734. The molecule has 0 saturated carbocycles. The van der Waals surface area contributed by atoms with Crippen molar-refractivity contribution in [3.63, 3.8) is 0 Å². The van der Waals surface area contributed by atoms with E-state index < -0.39 is 0 Å². The fraction of sp³-hybridized carbons (Fsp3) is 0.333. The fourth-order valence-electron chi connectivity index (χ4n) is 3.35. The lowest BCUT2D eigenvalue weighted by Crippen LogP contribution is -2.48. The van der Waals surface area contributed by atoms with E-state index in [1.54, 1.807) is 18.2 Å². The van der Waals surface area contributed by atoms with Gasteiger partial charge in [-0.2, -0.15) is 5.26 Å². The second-order valence-corrected chi connectivity index (χ2v) is 6.97. The van der Waals surface area contributed by atoms with Crippen LogP contribution in [0.1, 0.15) is 34.0 Å². The highest BCUT2D eigenvalue weighted by atomic mass is 19.1. The molecule has 1 unspecified atom stereocenters. The summed E-state index contributed by atoms with van der Waals surface area (Å²) in [5.41, 5.74) is 2.96. The number of benzene rings is 2. The average molecular weight is 366 g/mol. The van der Waals surface area contributed by atoms with Crippen molar-refractivity contribution in [2.24, 2.45) is 0 Å². The van der Waals surface area contributed by atoms with Gasteiger partial charge in [0.15, 0.2) is 0 Å². The van der Waals surface area contributed by atoms with Crippen molar-refractivity contribution in [3.05, 3.63) is 64.5 Å². The number of carbonyl (C=O) groups is 1. The Morgan fingerprint density at radius 1 is 1.41 bits per heavy atom. The molecular formula is C21H23FN4O. The molecule has 1 aliphatic rings. The van der Waals surface area contributed by atoms with E-state index in [1.807, 2.05) is 13.0 Å². The molecule has 0 aromatic heterocycles. The number of nitrogens with zero attached hydrogens (tertiary/aromatic N) is 2. The van der Waals surface area contributed by atoms with Gasteiger partial charge >= 0.3 is 0 Å². The van der Waals surface area contributed by atoms with E-state index >= 15 is 0 Å². The van der Waals surface area contributed by atoms with Gasteiger partial charge in [-0.05, 0) is 55.3 Å². The predicted molar refractivity (Wildman–Crippen MR) is 103 cm³/mol. The van der Waals surface area contributed by atoms with Gasteiger partial charge in [0.05, 0.1) is 11.6 Å². The molecule has 2 aromatic rings. The van der Waals surface area contributed by atoms with Crippen LogP contribution in [0.15, 0.2) is 36.4 Å². The number of hydrogen-bond acceptors (Lipinski definition) is 4. The van der Waals surface area contributed by atoms with Crippen LogP contribution in [0.4, 0.5) is 10.1 Å². The number of rotatable bonds is 4. The molecule has 27 heavy (non-hydrogen) atoms. The predicted octanol–water partition coefficient (Wildman–Crippen LogP) is 3.05. The first-order valence-corrected chi connectivity index (χ1v) is 9.02. The van der Waals surface area contributed by atoms with Crippen LogP contribution in [-0.4, -0.2) is 36.5 Å². The molecule has 3 rings (SSSR count). The third kappa shape index (κ3) is 4.70. The topological polar surface area (TPSA) is 68.2 Å². The maximum atomic E-state index is 14.2. The lowest BCUT2D eigenvalue weighted by atomic mass is 10.0. The van der Waals surface area contributed by atoms with Gasteiger partial charge in [0.1, 0.15) is 5.82 Å². The molecule has 0 radical (unpaired) electrons. The molecule has 1 amide bonds. The van der Waals surface area contributed by atoms with Gasteiger partial charge < -0.3 is 10.6 Å². The third-order valence-corrected chi connectivity index (χ3v) is 4.83. The van der Waals surface area contributed by atoms with E-state index in [0.717, 1.165) is 30.8 Å². The van der Waals surface area contributed by atoms with Crippen molar-refractivity contribution in [1.82, 2.24) is 10.2 Å². The fourth-order valence-corrected chi connectivity index (χ4v) is 3.35. The van der Waals surface area contributed by atoms with Gasteiger partial charge in [-0.1, -0.05) is 6.07 Å². The lowest BCUT2D eigenvalue weighted by Gasteiger charge is -2.32. The Hall–Kier alpha value is -2.75. The number of amides is 1. The smallest absolute Gasteiger partial charge is 0.255 e. The Morgan fingerprint density at radius 3 is 2.96 bits per heavy atom. The monoisotopic (exact) mass is 366 g/mol. The van der Waals surface area contributed by atoms with Crippen LogP contribution < -0.4 is 10.6 Å². The molecule has 1 atom stereocenters. The molecule has 5 nitrogen and oxygen atoms in total. The zero-order valence-corrected chi connectivity index (χ0v) is 15.6. The number of halogens is 1. The van der Waals surface area contributed by atoms with Crippen molar-refractivity contribution < 1.29 is 9.18 Å². The summed E-state index contributed by atoms with van der Waals surface area (Å²) in [6, 6.07) is 11.7. The number of nitriles is 1. The van der Waals surface area contributed by atoms with Gasteiger partial charge in [0.2, 0.25) is 0 Å². The number of piperazine rings is 1. The highest BCUT2D eigenvalue weighted by molar-refractivity contribution is 6.04. The van der Waals surface area contributed by atoms with Crippen LogP contribution in [0.25, 0.3) is 0 Å². The van der Waals surface area contributed by atoms with E-state index in [-0.39, 0.29) is 11.7 Å². The molecule has 1 saturated heterocycles. The van der Waals surface area contributed by atoms with Crippen LogP contribution >= 0.6 is 0 Å². The Balaban J connectivity index is 1.80. The zero-order valence-electron chi connectivity index (χ0n) is 15.6. The van der Waals surface area contributed by atoms with E-state index in [0.29, 0.717) is 29.4 Å². The third-order valence-electron chi connectivity index (χ3n) is 4.83. The first-order valence-electron chi connectivity index (χ1n) is 9.02. The molecule has 1 aliphatic heterocycles. The largest absolute Gasteiger partial charge is 0.322 e. The van der Waals surface area contributed by atoms with E-state index in [9.17, 15) is 9.18 Å². The van der Waals surface area contributed by atoms with Crippen molar-refractivity contribution in [2.45, 2.75) is 26.4 Å². The minimum Gasteiger partial charge on any atom is -0.322 e. The summed E-state index contributed by atoms with van der Waals surface area (Å²) in [7, 11) is 0. The van der Waals surface area contributed by atoms with Crippen LogP contribution in [0.5, 0.6) is 0 Å². The molecule has 6 heteroatoms. The quantitative estimate of drug-likeness (QED) is 0.873.